The van der Waals surface area contributed by atoms with Gasteiger partial charge >= 0.3 is 5.97 Å². The van der Waals surface area contributed by atoms with E-state index < -0.39 is 5.97 Å². The molecule has 3 heteroatoms. The highest BCUT2D eigenvalue weighted by atomic mass is 16.4. The first-order chi connectivity index (χ1) is 8.72. The van der Waals surface area contributed by atoms with Crippen molar-refractivity contribution >= 4 is 5.97 Å². The van der Waals surface area contributed by atoms with E-state index in [9.17, 15) is 9.90 Å². The maximum Gasteiger partial charge on any atom is 0.307 e. The van der Waals surface area contributed by atoms with Gasteiger partial charge in [-0.05, 0) is 37.0 Å². The number of carboxylic acids is 1. The van der Waals surface area contributed by atoms with Crippen molar-refractivity contribution in [3.8, 4) is 0 Å². The number of nitrogens with one attached hydrogen (secondary N) is 1. The fraction of sp³-hybridized carbons (Fsp3) is 0.938. The zero-order chi connectivity index (χ0) is 15.0. The Kier molecular flexibility index (Phi) is 9.07. The molecule has 0 amide bonds. The first-order valence-electron chi connectivity index (χ1n) is 7.68. The summed E-state index contributed by atoms with van der Waals surface area (Å²) in [5.74, 6) is 0.779. The standard InChI is InChI=1S/C16H33NO2/c1-11(2)7-14(16(18)19)10-17-15(8-12(3)4)9-13(5)6/h11-15,17H,7-10H2,1-6H3,(H,18,19). The summed E-state index contributed by atoms with van der Waals surface area (Å²) < 4.78 is 0. The lowest BCUT2D eigenvalue weighted by atomic mass is 9.93. The van der Waals surface area contributed by atoms with Crippen molar-refractivity contribution < 1.29 is 9.90 Å². The van der Waals surface area contributed by atoms with Crippen LogP contribution >= 0.6 is 0 Å². The molecular weight excluding hydrogens is 238 g/mol. The number of aliphatic carboxylic acids is 1. The Morgan fingerprint density at radius 2 is 1.32 bits per heavy atom. The minimum absolute atomic E-state index is 0.262. The minimum Gasteiger partial charge on any atom is -0.481 e. The Balaban J connectivity index is 4.35. The predicted molar refractivity (Wildman–Crippen MR) is 81.3 cm³/mol. The van der Waals surface area contributed by atoms with Crippen molar-refractivity contribution in [3.05, 3.63) is 0 Å². The Hall–Kier alpha value is -0.570. The molecule has 0 saturated heterocycles. The third-order valence-electron chi connectivity index (χ3n) is 3.27. The van der Waals surface area contributed by atoms with E-state index in [-0.39, 0.29) is 5.92 Å². The number of rotatable bonds is 10. The lowest BCUT2D eigenvalue weighted by molar-refractivity contribution is -0.142. The summed E-state index contributed by atoms with van der Waals surface area (Å²) in [6.45, 7) is 13.6. The molecule has 0 aromatic carbocycles. The molecule has 114 valence electrons. The van der Waals surface area contributed by atoms with Crippen LogP contribution in [0.25, 0.3) is 0 Å². The molecule has 0 aliphatic rings. The Morgan fingerprint density at radius 1 is 0.895 bits per heavy atom. The summed E-state index contributed by atoms with van der Waals surface area (Å²) in [6, 6.07) is 0.439. The van der Waals surface area contributed by atoms with Gasteiger partial charge in [0.15, 0.2) is 0 Å². The Bertz CT molecular complexity index is 239. The predicted octanol–water partition coefficient (Wildman–Crippen LogP) is 3.78. The fourth-order valence-corrected chi connectivity index (χ4v) is 2.55. The average Bonchev–Trinajstić information content (AvgIpc) is 2.21. The normalized spacial score (nSPS) is 13.8. The van der Waals surface area contributed by atoms with E-state index >= 15 is 0 Å². The van der Waals surface area contributed by atoms with Gasteiger partial charge in [-0.3, -0.25) is 4.79 Å². The number of carboxylic acid groups (broad SMARTS) is 1. The summed E-state index contributed by atoms with van der Waals surface area (Å²) >= 11 is 0. The second-order valence-corrected chi connectivity index (χ2v) is 7.03. The molecule has 2 N–H and O–H groups in total. The van der Waals surface area contributed by atoms with Crippen LogP contribution in [0, 0.1) is 23.7 Å². The van der Waals surface area contributed by atoms with Crippen LogP contribution in [0.1, 0.15) is 60.8 Å². The summed E-state index contributed by atoms with van der Waals surface area (Å²) in [4.78, 5) is 11.3. The van der Waals surface area contributed by atoms with Crippen LogP contribution < -0.4 is 5.32 Å². The zero-order valence-corrected chi connectivity index (χ0v) is 13.6. The molecule has 0 saturated carbocycles. The summed E-state index contributed by atoms with van der Waals surface area (Å²) in [5.41, 5.74) is 0. The highest BCUT2D eigenvalue weighted by Crippen LogP contribution is 2.16. The van der Waals surface area contributed by atoms with Gasteiger partial charge in [0.1, 0.15) is 0 Å². The minimum atomic E-state index is -0.672. The van der Waals surface area contributed by atoms with Gasteiger partial charge in [0, 0.05) is 12.6 Å². The lowest BCUT2D eigenvalue weighted by Crippen LogP contribution is -2.38. The maximum absolute atomic E-state index is 11.3. The van der Waals surface area contributed by atoms with Crippen LogP contribution in [0.2, 0.25) is 0 Å². The molecule has 0 rings (SSSR count). The van der Waals surface area contributed by atoms with Crippen LogP contribution in [-0.4, -0.2) is 23.7 Å². The van der Waals surface area contributed by atoms with Gasteiger partial charge < -0.3 is 10.4 Å². The van der Waals surface area contributed by atoms with Crippen molar-refractivity contribution in [1.82, 2.24) is 5.32 Å². The van der Waals surface area contributed by atoms with Crippen molar-refractivity contribution in [2.75, 3.05) is 6.54 Å². The molecule has 1 unspecified atom stereocenters. The molecule has 0 aliphatic carbocycles. The first-order valence-corrected chi connectivity index (χ1v) is 7.68. The van der Waals surface area contributed by atoms with Crippen molar-refractivity contribution in [1.29, 1.82) is 0 Å². The van der Waals surface area contributed by atoms with Crippen LogP contribution in [-0.2, 0) is 4.79 Å². The van der Waals surface area contributed by atoms with Gasteiger partial charge in [0.05, 0.1) is 5.92 Å². The highest BCUT2D eigenvalue weighted by Gasteiger charge is 2.21. The Morgan fingerprint density at radius 3 is 1.63 bits per heavy atom. The van der Waals surface area contributed by atoms with Crippen LogP contribution in [0.3, 0.4) is 0 Å². The maximum atomic E-state index is 11.3. The zero-order valence-electron chi connectivity index (χ0n) is 13.6. The molecule has 0 aliphatic heterocycles. The largest absolute Gasteiger partial charge is 0.481 e. The lowest BCUT2D eigenvalue weighted by Gasteiger charge is -2.25. The van der Waals surface area contributed by atoms with Crippen molar-refractivity contribution in [2.45, 2.75) is 66.8 Å². The van der Waals surface area contributed by atoms with Gasteiger partial charge in [-0.2, -0.15) is 0 Å². The van der Waals surface area contributed by atoms with E-state index in [4.69, 9.17) is 0 Å². The molecule has 19 heavy (non-hydrogen) atoms. The fourth-order valence-electron chi connectivity index (χ4n) is 2.55. The van der Waals surface area contributed by atoms with Gasteiger partial charge in [0.2, 0.25) is 0 Å². The number of hydrogen-bond acceptors (Lipinski definition) is 2. The van der Waals surface area contributed by atoms with Gasteiger partial charge in [-0.25, -0.2) is 0 Å². The summed E-state index contributed by atoms with van der Waals surface area (Å²) in [5, 5.41) is 12.7. The van der Waals surface area contributed by atoms with Gasteiger partial charge in [-0.15, -0.1) is 0 Å². The molecule has 0 spiro atoms. The number of carbonyl (C=O) groups is 1. The monoisotopic (exact) mass is 271 g/mol. The molecule has 3 nitrogen and oxygen atoms in total. The third-order valence-corrected chi connectivity index (χ3v) is 3.27. The van der Waals surface area contributed by atoms with E-state index in [1.165, 1.54) is 0 Å². The van der Waals surface area contributed by atoms with Crippen LogP contribution in [0.4, 0.5) is 0 Å². The molecule has 0 heterocycles. The van der Waals surface area contributed by atoms with Crippen molar-refractivity contribution in [2.24, 2.45) is 23.7 Å². The third kappa shape index (κ3) is 9.94. The molecule has 1 atom stereocenters. The average molecular weight is 271 g/mol. The van der Waals surface area contributed by atoms with E-state index in [2.05, 4.69) is 46.9 Å². The quantitative estimate of drug-likeness (QED) is 0.635. The highest BCUT2D eigenvalue weighted by molar-refractivity contribution is 5.70. The number of hydrogen-bond donors (Lipinski definition) is 2. The van der Waals surface area contributed by atoms with E-state index in [0.717, 1.165) is 19.3 Å². The molecule has 0 radical (unpaired) electrons. The topological polar surface area (TPSA) is 49.3 Å². The van der Waals surface area contributed by atoms with Crippen LogP contribution in [0.5, 0.6) is 0 Å². The second-order valence-electron chi connectivity index (χ2n) is 7.03. The molecule has 0 aromatic rings. The molecular formula is C16H33NO2. The Labute approximate surface area is 119 Å². The molecule has 0 aromatic heterocycles. The van der Waals surface area contributed by atoms with Crippen molar-refractivity contribution in [3.63, 3.8) is 0 Å². The van der Waals surface area contributed by atoms with E-state index in [0.29, 0.717) is 30.3 Å². The molecule has 0 bridgehead atoms. The molecule has 0 fully saturated rings. The second kappa shape index (κ2) is 9.35. The van der Waals surface area contributed by atoms with E-state index in [1.54, 1.807) is 0 Å². The van der Waals surface area contributed by atoms with Gasteiger partial charge in [-0.1, -0.05) is 41.5 Å². The SMILES string of the molecule is CC(C)CC(CC(C)C)NCC(CC(C)C)C(=O)O. The summed E-state index contributed by atoms with van der Waals surface area (Å²) in [7, 11) is 0. The van der Waals surface area contributed by atoms with E-state index in [1.807, 2.05) is 0 Å². The first kappa shape index (κ1) is 18.4. The smallest absolute Gasteiger partial charge is 0.307 e. The van der Waals surface area contributed by atoms with Crippen LogP contribution in [0.15, 0.2) is 0 Å². The van der Waals surface area contributed by atoms with Gasteiger partial charge in [0.25, 0.3) is 0 Å². The summed E-state index contributed by atoms with van der Waals surface area (Å²) in [6.07, 6.45) is 2.98.